The fourth-order valence-electron chi connectivity index (χ4n) is 6.13. The van der Waals surface area contributed by atoms with Crippen molar-refractivity contribution in [2.75, 3.05) is 18.4 Å². The van der Waals surface area contributed by atoms with E-state index in [-0.39, 0.29) is 11.5 Å². The Bertz CT molecular complexity index is 1110. The van der Waals surface area contributed by atoms with E-state index < -0.39 is 0 Å². The lowest BCUT2D eigenvalue weighted by atomic mass is 9.45. The highest BCUT2D eigenvalue weighted by Crippen LogP contribution is 2.61. The second-order valence-electron chi connectivity index (χ2n) is 10.3. The summed E-state index contributed by atoms with van der Waals surface area (Å²) in [5, 5.41) is 8.04. The number of amides is 1. The summed E-state index contributed by atoms with van der Waals surface area (Å²) in [7, 11) is 0. The van der Waals surface area contributed by atoms with Crippen molar-refractivity contribution in [3.8, 4) is 5.69 Å². The van der Waals surface area contributed by atoms with Crippen molar-refractivity contribution in [3.05, 3.63) is 50.9 Å². The molecule has 1 saturated heterocycles. The molecule has 6 rings (SSSR count). The fourth-order valence-corrected chi connectivity index (χ4v) is 6.52. The molecular weight excluding hydrogens is 468 g/mol. The number of benzene rings is 1. The van der Waals surface area contributed by atoms with Crippen molar-refractivity contribution in [2.45, 2.75) is 52.5 Å². The molecule has 3 saturated carbocycles. The van der Waals surface area contributed by atoms with Gasteiger partial charge in [0.05, 0.1) is 17.6 Å². The van der Waals surface area contributed by atoms with Gasteiger partial charge in [-0.1, -0.05) is 26.8 Å². The van der Waals surface area contributed by atoms with Crippen LogP contribution in [0.25, 0.3) is 5.69 Å². The summed E-state index contributed by atoms with van der Waals surface area (Å²) < 4.78 is 1.84. The highest BCUT2D eigenvalue weighted by molar-refractivity contribution is 9.10. The third-order valence-corrected chi connectivity index (χ3v) is 9.11. The molecule has 0 unspecified atom stereocenters. The maximum atomic E-state index is 13.1. The number of nitrogens with one attached hydrogen (secondary N) is 1. The quantitative estimate of drug-likeness (QED) is 0.662. The van der Waals surface area contributed by atoms with Gasteiger partial charge >= 0.3 is 0 Å². The van der Waals surface area contributed by atoms with Crippen LogP contribution in [0.4, 0.5) is 5.69 Å². The number of anilines is 1. The van der Waals surface area contributed by atoms with Crippen molar-refractivity contribution in [1.29, 1.82) is 0 Å². The van der Waals surface area contributed by atoms with Crippen molar-refractivity contribution in [3.63, 3.8) is 0 Å². The van der Waals surface area contributed by atoms with Crippen LogP contribution in [0.3, 0.4) is 0 Å². The number of halogens is 1. The number of carbonyl (C=O) groups is 1. The molecule has 4 atom stereocenters. The van der Waals surface area contributed by atoms with Gasteiger partial charge in [0.2, 0.25) is 0 Å². The number of nitrogens with zero attached hydrogens (tertiary/aromatic N) is 3. The molecule has 3 aliphatic carbocycles. The van der Waals surface area contributed by atoms with Crippen molar-refractivity contribution >= 4 is 27.5 Å². The van der Waals surface area contributed by atoms with E-state index in [0.717, 1.165) is 49.9 Å². The smallest absolute Gasteiger partial charge is 0.287 e. The molecule has 1 N–H and O–H groups in total. The summed E-state index contributed by atoms with van der Waals surface area (Å²) >= 11 is 3.51. The van der Waals surface area contributed by atoms with Gasteiger partial charge in [0, 0.05) is 24.7 Å². The molecule has 6 nitrogen and oxygen atoms in total. The first-order chi connectivity index (χ1) is 15.3. The molecule has 1 aromatic carbocycles. The first-order valence-corrected chi connectivity index (χ1v) is 12.5. The minimum Gasteiger partial charge on any atom is -0.380 e. The summed E-state index contributed by atoms with van der Waals surface area (Å²) in [6, 6.07) is 7.53. The van der Waals surface area contributed by atoms with Crippen LogP contribution < -0.4 is 10.9 Å². The van der Waals surface area contributed by atoms with Gasteiger partial charge in [0.25, 0.3) is 11.5 Å². The van der Waals surface area contributed by atoms with Gasteiger partial charge in [-0.2, -0.15) is 9.78 Å². The van der Waals surface area contributed by atoms with Crippen molar-refractivity contribution < 1.29 is 4.79 Å². The molecule has 1 aromatic heterocycles. The molecule has 0 spiro atoms. The predicted molar refractivity (Wildman–Crippen MR) is 129 cm³/mol. The molecule has 2 heterocycles. The molecule has 32 heavy (non-hydrogen) atoms. The van der Waals surface area contributed by atoms with E-state index in [0.29, 0.717) is 33.1 Å². The summed E-state index contributed by atoms with van der Waals surface area (Å²) in [6.45, 7) is 8.70. The third kappa shape index (κ3) is 3.49. The van der Waals surface area contributed by atoms with E-state index in [4.69, 9.17) is 0 Å². The van der Waals surface area contributed by atoms with Crippen molar-refractivity contribution in [2.24, 2.45) is 23.2 Å². The Balaban J connectivity index is 1.37. The summed E-state index contributed by atoms with van der Waals surface area (Å²) in [5.41, 5.74) is 2.13. The minimum atomic E-state index is -0.227. The molecule has 170 valence electrons. The number of carbonyl (C=O) groups excluding carboxylic acids is 1. The number of likely N-dealkylation sites (tertiary alicyclic amines) is 1. The number of rotatable bonds is 4. The van der Waals surface area contributed by atoms with Crippen LogP contribution in [0.2, 0.25) is 0 Å². The molecule has 4 aliphatic rings. The van der Waals surface area contributed by atoms with E-state index in [1.54, 1.807) is 18.3 Å². The Morgan fingerprint density at radius 3 is 2.66 bits per heavy atom. The van der Waals surface area contributed by atoms with E-state index in [2.05, 4.69) is 47.1 Å². The van der Waals surface area contributed by atoms with Gasteiger partial charge in [0.15, 0.2) is 0 Å². The second-order valence-corrected chi connectivity index (χ2v) is 11.1. The minimum absolute atomic E-state index is 0.0162. The Morgan fingerprint density at radius 1 is 1.22 bits per heavy atom. The summed E-state index contributed by atoms with van der Waals surface area (Å²) in [5.74, 6) is 2.03. The van der Waals surface area contributed by atoms with Crippen LogP contribution in [0.1, 0.15) is 56.8 Å². The number of hydrogen-bond donors (Lipinski definition) is 1. The zero-order valence-electron chi connectivity index (χ0n) is 19.0. The third-order valence-electron chi connectivity index (χ3n) is 8.34. The molecule has 0 radical (unpaired) electrons. The standard InChI is InChI=1S/C25H31BrN4O2/c1-15-19-12-17(25(19,2)3)13-20(15)28-21-14-27-30(24(32)22(21)26)18-8-6-7-16(11-18)23(31)29-9-4-5-10-29/h6-8,11,14-15,17,19-20,28H,4-5,9-10,12-13H2,1-3H3/t15-,17+,19-,20-/m1/s1. The average molecular weight is 499 g/mol. The Morgan fingerprint density at radius 2 is 1.97 bits per heavy atom. The number of fused-ring (bicyclic) bond motifs is 2. The highest BCUT2D eigenvalue weighted by Gasteiger charge is 2.56. The lowest BCUT2D eigenvalue weighted by molar-refractivity contribution is -0.105. The topological polar surface area (TPSA) is 67.2 Å². The second kappa shape index (κ2) is 8.01. The Kier molecular flexibility index (Phi) is 5.43. The average Bonchev–Trinajstić information content (AvgIpc) is 3.32. The molecule has 7 heteroatoms. The highest BCUT2D eigenvalue weighted by atomic mass is 79.9. The van der Waals surface area contributed by atoms with Gasteiger partial charge in [-0.05, 0) is 83.0 Å². The van der Waals surface area contributed by atoms with E-state index in [9.17, 15) is 9.59 Å². The molecular formula is C25H31BrN4O2. The number of aromatic nitrogens is 2. The fraction of sp³-hybridized carbons (Fsp3) is 0.560. The van der Waals surface area contributed by atoms with Gasteiger partial charge < -0.3 is 10.2 Å². The first kappa shape index (κ1) is 21.7. The molecule has 2 aromatic rings. The lowest BCUT2D eigenvalue weighted by Crippen LogP contribution is -2.58. The number of hydrogen-bond acceptors (Lipinski definition) is 4. The van der Waals surface area contributed by atoms with Crippen LogP contribution in [0.15, 0.2) is 39.7 Å². The van der Waals surface area contributed by atoms with Gasteiger partial charge in [-0.15, -0.1) is 0 Å². The maximum Gasteiger partial charge on any atom is 0.287 e. The van der Waals surface area contributed by atoms with Gasteiger partial charge in [-0.25, -0.2) is 0 Å². The summed E-state index contributed by atoms with van der Waals surface area (Å²) in [6.07, 6.45) is 6.26. The van der Waals surface area contributed by atoms with Crippen LogP contribution >= 0.6 is 15.9 Å². The van der Waals surface area contributed by atoms with E-state index in [1.165, 1.54) is 11.1 Å². The SMILES string of the molecule is C[C@@H]1[C@H]2C[C@@H](C[C@H]1Nc1cnn(-c3cccc(C(=O)N4CCCC4)c3)c(=O)c1Br)C2(C)C. The van der Waals surface area contributed by atoms with Gasteiger partial charge in [-0.3, -0.25) is 9.59 Å². The molecule has 1 amide bonds. The van der Waals surface area contributed by atoms with Crippen LogP contribution in [-0.2, 0) is 0 Å². The van der Waals surface area contributed by atoms with Crippen LogP contribution in [0.5, 0.6) is 0 Å². The first-order valence-electron chi connectivity index (χ1n) is 11.7. The molecule has 1 aliphatic heterocycles. The monoisotopic (exact) mass is 498 g/mol. The zero-order valence-corrected chi connectivity index (χ0v) is 20.6. The predicted octanol–water partition coefficient (Wildman–Crippen LogP) is 4.71. The van der Waals surface area contributed by atoms with Gasteiger partial charge in [0.1, 0.15) is 4.47 Å². The van der Waals surface area contributed by atoms with E-state index >= 15 is 0 Å². The summed E-state index contributed by atoms with van der Waals surface area (Å²) in [4.78, 5) is 27.8. The molecule has 4 fully saturated rings. The molecule has 2 bridgehead atoms. The Labute approximate surface area is 197 Å². The van der Waals surface area contributed by atoms with Crippen LogP contribution in [-0.4, -0.2) is 39.7 Å². The van der Waals surface area contributed by atoms with E-state index in [1.807, 2.05) is 17.0 Å². The lowest BCUT2D eigenvalue weighted by Gasteiger charge is -2.62. The maximum absolute atomic E-state index is 13.1. The normalized spacial score (nSPS) is 28.3. The van der Waals surface area contributed by atoms with Crippen LogP contribution in [0, 0.1) is 23.2 Å². The Hall–Kier alpha value is -2.15. The largest absolute Gasteiger partial charge is 0.380 e. The zero-order chi connectivity index (χ0) is 22.6. The van der Waals surface area contributed by atoms with Crippen molar-refractivity contribution in [1.82, 2.24) is 14.7 Å².